The topological polar surface area (TPSA) is 102 Å². The molecule has 5 nitrogen and oxygen atoms in total. The maximum Gasteiger partial charge on any atom is 0.323 e. The Morgan fingerprint density at radius 1 is 1.59 bits per heavy atom. The minimum atomic E-state index is -1.29. The van der Waals surface area contributed by atoms with E-state index in [0.29, 0.717) is 12.3 Å². The van der Waals surface area contributed by atoms with E-state index in [1.165, 1.54) is 6.08 Å². The zero-order valence-corrected chi connectivity index (χ0v) is 10.2. The number of carboxylic acids is 1. The first-order chi connectivity index (χ1) is 7.81. The number of hydrogen-bond acceptors (Lipinski definition) is 3. The van der Waals surface area contributed by atoms with E-state index < -0.39 is 17.3 Å². The van der Waals surface area contributed by atoms with Gasteiger partial charge in [-0.2, -0.15) is 0 Å². The van der Waals surface area contributed by atoms with Crippen molar-refractivity contribution in [1.29, 1.82) is 0 Å². The van der Waals surface area contributed by atoms with Crippen LogP contribution in [0.1, 0.15) is 33.1 Å². The summed E-state index contributed by atoms with van der Waals surface area (Å²) in [7, 11) is 0. The monoisotopic (exact) mass is 245 g/mol. The second-order valence-electron chi connectivity index (χ2n) is 3.96. The van der Waals surface area contributed by atoms with Gasteiger partial charge in [0, 0.05) is 0 Å². The molecule has 0 aromatic heterocycles. The Bertz CT molecular complexity index is 325. The molecule has 0 radical (unpaired) electrons. The van der Waals surface area contributed by atoms with Crippen molar-refractivity contribution in [3.05, 3.63) is 11.9 Å². The van der Waals surface area contributed by atoms with Crippen LogP contribution in [-0.4, -0.2) is 29.0 Å². The second-order valence-corrected chi connectivity index (χ2v) is 3.96. The Morgan fingerprint density at radius 2 is 2.18 bits per heavy atom. The zero-order valence-electron chi connectivity index (χ0n) is 10.2. The van der Waals surface area contributed by atoms with Crippen molar-refractivity contribution in [2.75, 3.05) is 6.54 Å². The molecular weight excluding hydrogens is 225 g/mol. The highest BCUT2D eigenvalue weighted by molar-refractivity contribution is 5.78. The molecule has 17 heavy (non-hydrogen) atoms. The van der Waals surface area contributed by atoms with Crippen molar-refractivity contribution >= 4 is 11.8 Å². The van der Waals surface area contributed by atoms with E-state index in [0.717, 1.165) is 0 Å². The molecule has 0 spiro atoms. The SMILES string of the molecule is CCC(N)(CCC=C(F)CN=C(C)N)C(=O)O. The van der Waals surface area contributed by atoms with Crippen molar-refractivity contribution in [3.63, 3.8) is 0 Å². The summed E-state index contributed by atoms with van der Waals surface area (Å²) in [5.41, 5.74) is 9.62. The number of carbonyl (C=O) groups is 1. The fraction of sp³-hybridized carbons (Fsp3) is 0.636. The number of aliphatic carboxylic acids is 1. The van der Waals surface area contributed by atoms with Gasteiger partial charge in [-0.3, -0.25) is 9.79 Å². The molecule has 0 heterocycles. The van der Waals surface area contributed by atoms with Gasteiger partial charge in [0.15, 0.2) is 0 Å². The Morgan fingerprint density at radius 3 is 2.59 bits per heavy atom. The van der Waals surface area contributed by atoms with Gasteiger partial charge in [-0.05, 0) is 26.2 Å². The van der Waals surface area contributed by atoms with Gasteiger partial charge in [-0.15, -0.1) is 0 Å². The molecule has 0 aliphatic carbocycles. The zero-order chi connectivity index (χ0) is 13.5. The minimum Gasteiger partial charge on any atom is -0.480 e. The Balaban J connectivity index is 4.25. The lowest BCUT2D eigenvalue weighted by Crippen LogP contribution is -2.47. The molecule has 0 aliphatic rings. The molecule has 5 N–H and O–H groups in total. The summed E-state index contributed by atoms with van der Waals surface area (Å²) in [6, 6.07) is 0. The first-order valence-corrected chi connectivity index (χ1v) is 5.45. The molecule has 0 saturated heterocycles. The van der Waals surface area contributed by atoms with Crippen LogP contribution < -0.4 is 11.5 Å². The summed E-state index contributed by atoms with van der Waals surface area (Å²) >= 11 is 0. The number of rotatable bonds is 7. The Kier molecular flexibility index (Phi) is 6.42. The molecule has 0 aromatic rings. The quantitative estimate of drug-likeness (QED) is 0.463. The van der Waals surface area contributed by atoms with Crippen molar-refractivity contribution in [3.8, 4) is 0 Å². The lowest BCUT2D eigenvalue weighted by atomic mass is 9.92. The number of nitrogens with two attached hydrogens (primary N) is 2. The van der Waals surface area contributed by atoms with E-state index in [2.05, 4.69) is 4.99 Å². The number of nitrogens with zero attached hydrogens (tertiary/aromatic N) is 1. The van der Waals surface area contributed by atoms with Gasteiger partial charge >= 0.3 is 5.97 Å². The van der Waals surface area contributed by atoms with E-state index >= 15 is 0 Å². The molecule has 0 aromatic carbocycles. The lowest BCUT2D eigenvalue weighted by Gasteiger charge is -2.21. The summed E-state index contributed by atoms with van der Waals surface area (Å²) in [4.78, 5) is 14.6. The summed E-state index contributed by atoms with van der Waals surface area (Å²) in [5.74, 6) is -1.19. The number of allylic oxidation sites excluding steroid dienone is 1. The number of amidine groups is 1. The summed E-state index contributed by atoms with van der Waals surface area (Å²) in [5, 5.41) is 8.90. The van der Waals surface area contributed by atoms with Crippen LogP contribution in [0.25, 0.3) is 0 Å². The predicted octanol–water partition coefficient (Wildman–Crippen LogP) is 1.19. The fourth-order valence-electron chi connectivity index (χ4n) is 1.19. The van der Waals surface area contributed by atoms with Crippen molar-refractivity contribution in [1.82, 2.24) is 0 Å². The molecule has 98 valence electrons. The highest BCUT2D eigenvalue weighted by Gasteiger charge is 2.30. The average Bonchev–Trinajstić information content (AvgIpc) is 2.25. The Hall–Kier alpha value is -1.43. The van der Waals surface area contributed by atoms with Crippen LogP contribution in [0.5, 0.6) is 0 Å². The molecule has 1 atom stereocenters. The molecule has 0 amide bonds. The van der Waals surface area contributed by atoms with Gasteiger partial charge in [0.2, 0.25) is 0 Å². The van der Waals surface area contributed by atoms with Crippen LogP contribution in [0.15, 0.2) is 16.9 Å². The van der Waals surface area contributed by atoms with E-state index in [-0.39, 0.29) is 19.4 Å². The minimum absolute atomic E-state index is 0.112. The largest absolute Gasteiger partial charge is 0.480 e. The molecular formula is C11H20FN3O2. The standard InChI is InChI=1S/C11H20FN3O2/c1-3-11(14,10(16)17)6-4-5-9(12)7-15-8(2)13/h5H,3-4,6-7,14H2,1-2H3,(H2,13,15)(H,16,17). The third-order valence-electron chi connectivity index (χ3n) is 2.49. The predicted molar refractivity (Wildman–Crippen MR) is 65.4 cm³/mol. The van der Waals surface area contributed by atoms with Crippen LogP contribution in [0, 0.1) is 0 Å². The molecule has 0 bridgehead atoms. The maximum atomic E-state index is 13.2. The highest BCUT2D eigenvalue weighted by atomic mass is 19.1. The molecule has 0 saturated carbocycles. The highest BCUT2D eigenvalue weighted by Crippen LogP contribution is 2.16. The molecule has 6 heteroatoms. The van der Waals surface area contributed by atoms with E-state index in [1.54, 1.807) is 13.8 Å². The lowest BCUT2D eigenvalue weighted by molar-refractivity contribution is -0.143. The molecule has 0 fully saturated rings. The normalized spacial score (nSPS) is 16.7. The van der Waals surface area contributed by atoms with Crippen LogP contribution in [0.3, 0.4) is 0 Å². The smallest absolute Gasteiger partial charge is 0.323 e. The second kappa shape index (κ2) is 7.01. The van der Waals surface area contributed by atoms with Gasteiger partial charge in [-0.25, -0.2) is 4.39 Å². The fourth-order valence-corrected chi connectivity index (χ4v) is 1.19. The van der Waals surface area contributed by atoms with E-state index in [4.69, 9.17) is 16.6 Å². The number of carboxylic acid groups (broad SMARTS) is 1. The van der Waals surface area contributed by atoms with Gasteiger partial charge in [-0.1, -0.05) is 13.0 Å². The van der Waals surface area contributed by atoms with Gasteiger partial charge in [0.25, 0.3) is 0 Å². The van der Waals surface area contributed by atoms with Crippen LogP contribution in [0.2, 0.25) is 0 Å². The summed E-state index contributed by atoms with van der Waals surface area (Å²) < 4.78 is 13.2. The molecule has 0 rings (SSSR count). The van der Waals surface area contributed by atoms with Crippen LogP contribution in [-0.2, 0) is 4.79 Å². The average molecular weight is 245 g/mol. The van der Waals surface area contributed by atoms with Gasteiger partial charge < -0.3 is 16.6 Å². The third-order valence-corrected chi connectivity index (χ3v) is 2.49. The number of aliphatic imine (C=N–C) groups is 1. The summed E-state index contributed by atoms with van der Waals surface area (Å²) in [6.45, 7) is 3.15. The Labute approximate surface area is 100 Å². The van der Waals surface area contributed by atoms with E-state index in [9.17, 15) is 9.18 Å². The first-order valence-electron chi connectivity index (χ1n) is 5.45. The van der Waals surface area contributed by atoms with E-state index in [1.807, 2.05) is 0 Å². The number of hydrogen-bond donors (Lipinski definition) is 3. The van der Waals surface area contributed by atoms with Crippen LogP contribution in [0.4, 0.5) is 4.39 Å². The van der Waals surface area contributed by atoms with Crippen LogP contribution >= 0.6 is 0 Å². The van der Waals surface area contributed by atoms with Crippen molar-refractivity contribution in [2.24, 2.45) is 16.5 Å². The van der Waals surface area contributed by atoms with Crippen molar-refractivity contribution in [2.45, 2.75) is 38.6 Å². The van der Waals surface area contributed by atoms with Gasteiger partial charge in [0.05, 0.1) is 12.4 Å². The maximum absolute atomic E-state index is 13.2. The summed E-state index contributed by atoms with van der Waals surface area (Å²) in [6.07, 6.45) is 2.06. The first kappa shape index (κ1) is 15.6. The van der Waals surface area contributed by atoms with Crippen molar-refractivity contribution < 1.29 is 14.3 Å². The third kappa shape index (κ3) is 6.01. The number of halogens is 1. The van der Waals surface area contributed by atoms with Gasteiger partial charge in [0.1, 0.15) is 11.4 Å². The molecule has 0 aliphatic heterocycles. The molecule has 1 unspecified atom stereocenters.